The number of hydrogen-bond donors (Lipinski definition) is 2. The molecule has 62 valence electrons. The Kier molecular flexibility index (Phi) is 3.76. The molecule has 1 rings (SSSR count). The Morgan fingerprint density at radius 2 is 2.18 bits per heavy atom. The smallest absolute Gasteiger partial charge is 0.0431 e. The fourth-order valence-corrected chi connectivity index (χ4v) is 1.13. The molecule has 0 aliphatic rings. The Bertz CT molecular complexity index is 170. The summed E-state index contributed by atoms with van der Waals surface area (Å²) in [6, 6.07) is 2.10. The molecule has 0 unspecified atom stereocenters. The van der Waals surface area contributed by atoms with Crippen LogP contribution in [0.4, 0.5) is 0 Å². The predicted molar refractivity (Wildman–Crippen MR) is 45.4 cm³/mol. The number of aromatic nitrogens is 1. The standard InChI is InChI=1S/C9H15NO/c11-7-3-1-2-4-9-5-6-10-8-9/h5-6,8,10-11H,1-4,7H2. The SMILES string of the molecule is OCCCCCc1cc[nH]c1. The van der Waals surface area contributed by atoms with Gasteiger partial charge in [-0.05, 0) is 30.9 Å². The van der Waals surface area contributed by atoms with Crippen molar-refractivity contribution in [3.05, 3.63) is 24.0 Å². The number of aryl methyl sites for hydroxylation is 1. The topological polar surface area (TPSA) is 36.0 Å². The van der Waals surface area contributed by atoms with E-state index in [1.807, 2.05) is 12.4 Å². The van der Waals surface area contributed by atoms with Gasteiger partial charge < -0.3 is 10.1 Å². The zero-order chi connectivity index (χ0) is 7.94. The quantitative estimate of drug-likeness (QED) is 0.621. The van der Waals surface area contributed by atoms with Gasteiger partial charge in [0.2, 0.25) is 0 Å². The molecule has 0 atom stereocenters. The summed E-state index contributed by atoms with van der Waals surface area (Å²) in [5.74, 6) is 0. The number of hydrogen-bond acceptors (Lipinski definition) is 1. The predicted octanol–water partition coefficient (Wildman–Crippen LogP) is 1.72. The van der Waals surface area contributed by atoms with Crippen LogP contribution in [-0.2, 0) is 6.42 Å². The third-order valence-electron chi connectivity index (χ3n) is 1.79. The minimum atomic E-state index is 0.327. The minimum Gasteiger partial charge on any atom is -0.396 e. The molecule has 0 saturated heterocycles. The summed E-state index contributed by atoms with van der Waals surface area (Å²) in [6.45, 7) is 0.327. The van der Waals surface area contributed by atoms with Gasteiger partial charge in [-0.2, -0.15) is 0 Å². The molecule has 0 aromatic carbocycles. The molecule has 0 aliphatic heterocycles. The largest absolute Gasteiger partial charge is 0.396 e. The van der Waals surface area contributed by atoms with Crippen molar-refractivity contribution in [3.8, 4) is 0 Å². The van der Waals surface area contributed by atoms with Crippen molar-refractivity contribution in [2.45, 2.75) is 25.7 Å². The van der Waals surface area contributed by atoms with E-state index in [1.54, 1.807) is 0 Å². The van der Waals surface area contributed by atoms with Gasteiger partial charge >= 0.3 is 0 Å². The van der Waals surface area contributed by atoms with Crippen LogP contribution in [0.25, 0.3) is 0 Å². The van der Waals surface area contributed by atoms with Gasteiger partial charge in [0, 0.05) is 19.0 Å². The number of unbranched alkanes of at least 4 members (excludes halogenated alkanes) is 2. The van der Waals surface area contributed by atoms with Gasteiger partial charge in [0.1, 0.15) is 0 Å². The van der Waals surface area contributed by atoms with E-state index in [-0.39, 0.29) is 0 Å². The highest BCUT2D eigenvalue weighted by atomic mass is 16.2. The summed E-state index contributed by atoms with van der Waals surface area (Å²) in [5.41, 5.74) is 1.36. The van der Waals surface area contributed by atoms with Crippen LogP contribution >= 0.6 is 0 Å². The van der Waals surface area contributed by atoms with Crippen LogP contribution in [0.5, 0.6) is 0 Å². The van der Waals surface area contributed by atoms with Gasteiger partial charge in [-0.25, -0.2) is 0 Å². The second-order valence-electron chi connectivity index (χ2n) is 2.75. The van der Waals surface area contributed by atoms with Gasteiger partial charge in [-0.1, -0.05) is 6.42 Å². The molecule has 0 radical (unpaired) electrons. The van der Waals surface area contributed by atoms with Crippen molar-refractivity contribution < 1.29 is 5.11 Å². The van der Waals surface area contributed by atoms with Crippen molar-refractivity contribution in [3.63, 3.8) is 0 Å². The number of aromatic amines is 1. The van der Waals surface area contributed by atoms with Crippen molar-refractivity contribution in [1.29, 1.82) is 0 Å². The lowest BCUT2D eigenvalue weighted by molar-refractivity contribution is 0.283. The van der Waals surface area contributed by atoms with Crippen LogP contribution in [0.15, 0.2) is 18.5 Å². The van der Waals surface area contributed by atoms with Crippen molar-refractivity contribution in [2.24, 2.45) is 0 Å². The maximum atomic E-state index is 8.52. The highest BCUT2D eigenvalue weighted by Crippen LogP contribution is 2.04. The van der Waals surface area contributed by atoms with Crippen LogP contribution in [0.3, 0.4) is 0 Å². The molecule has 0 fully saturated rings. The summed E-state index contributed by atoms with van der Waals surface area (Å²) >= 11 is 0. The van der Waals surface area contributed by atoms with Crippen LogP contribution in [0, 0.1) is 0 Å². The molecule has 11 heavy (non-hydrogen) atoms. The molecule has 0 bridgehead atoms. The van der Waals surface area contributed by atoms with Gasteiger partial charge in [-0.15, -0.1) is 0 Å². The average Bonchev–Trinajstić information content (AvgIpc) is 2.50. The Hall–Kier alpha value is -0.760. The molecule has 2 heteroatoms. The molecule has 0 saturated carbocycles. The molecule has 1 aromatic rings. The lowest BCUT2D eigenvalue weighted by atomic mass is 10.1. The molecular weight excluding hydrogens is 138 g/mol. The van der Waals surface area contributed by atoms with E-state index in [2.05, 4.69) is 11.1 Å². The molecule has 0 spiro atoms. The molecule has 0 amide bonds. The maximum absolute atomic E-state index is 8.52. The van der Waals surface area contributed by atoms with Crippen LogP contribution in [0.1, 0.15) is 24.8 Å². The second kappa shape index (κ2) is 4.97. The van der Waals surface area contributed by atoms with Crippen LogP contribution in [-0.4, -0.2) is 16.7 Å². The highest BCUT2D eigenvalue weighted by molar-refractivity contribution is 5.07. The average molecular weight is 153 g/mol. The van der Waals surface area contributed by atoms with E-state index in [1.165, 1.54) is 12.0 Å². The van der Waals surface area contributed by atoms with E-state index in [4.69, 9.17) is 5.11 Å². The zero-order valence-corrected chi connectivity index (χ0v) is 6.71. The van der Waals surface area contributed by atoms with Gasteiger partial charge in [0.05, 0.1) is 0 Å². The molecule has 0 aliphatic carbocycles. The van der Waals surface area contributed by atoms with E-state index in [9.17, 15) is 0 Å². The van der Waals surface area contributed by atoms with Crippen LogP contribution < -0.4 is 0 Å². The van der Waals surface area contributed by atoms with E-state index in [0.29, 0.717) is 6.61 Å². The Morgan fingerprint density at radius 1 is 1.27 bits per heavy atom. The third kappa shape index (κ3) is 3.23. The number of H-pyrrole nitrogens is 1. The Morgan fingerprint density at radius 3 is 2.82 bits per heavy atom. The van der Waals surface area contributed by atoms with Gasteiger partial charge in [0.25, 0.3) is 0 Å². The van der Waals surface area contributed by atoms with Gasteiger partial charge in [0.15, 0.2) is 0 Å². The zero-order valence-electron chi connectivity index (χ0n) is 6.71. The lowest BCUT2D eigenvalue weighted by Crippen LogP contribution is -1.85. The molecule has 2 nitrogen and oxygen atoms in total. The van der Waals surface area contributed by atoms with Gasteiger partial charge in [-0.3, -0.25) is 0 Å². The minimum absolute atomic E-state index is 0.327. The molecule has 1 aromatic heterocycles. The molecular formula is C9H15NO. The highest BCUT2D eigenvalue weighted by Gasteiger charge is 1.91. The Balaban J connectivity index is 2.04. The third-order valence-corrected chi connectivity index (χ3v) is 1.79. The number of aliphatic hydroxyl groups is 1. The molecule has 1 heterocycles. The first-order chi connectivity index (χ1) is 5.43. The summed E-state index contributed by atoms with van der Waals surface area (Å²) in [4.78, 5) is 3.02. The summed E-state index contributed by atoms with van der Waals surface area (Å²) in [6.07, 6.45) is 8.34. The first-order valence-corrected chi connectivity index (χ1v) is 4.16. The lowest BCUT2D eigenvalue weighted by Gasteiger charge is -1.95. The first-order valence-electron chi connectivity index (χ1n) is 4.16. The first kappa shape index (κ1) is 8.34. The summed E-state index contributed by atoms with van der Waals surface area (Å²) in [7, 11) is 0. The summed E-state index contributed by atoms with van der Waals surface area (Å²) in [5, 5.41) is 8.52. The normalized spacial score (nSPS) is 10.3. The number of rotatable bonds is 5. The van der Waals surface area contributed by atoms with Crippen molar-refractivity contribution in [2.75, 3.05) is 6.61 Å². The second-order valence-corrected chi connectivity index (χ2v) is 2.75. The van der Waals surface area contributed by atoms with E-state index >= 15 is 0 Å². The van der Waals surface area contributed by atoms with Crippen molar-refractivity contribution in [1.82, 2.24) is 4.98 Å². The maximum Gasteiger partial charge on any atom is 0.0431 e. The molecule has 2 N–H and O–H groups in total. The monoisotopic (exact) mass is 153 g/mol. The van der Waals surface area contributed by atoms with E-state index in [0.717, 1.165) is 19.3 Å². The number of nitrogens with one attached hydrogen (secondary N) is 1. The fourth-order valence-electron chi connectivity index (χ4n) is 1.13. The van der Waals surface area contributed by atoms with E-state index < -0.39 is 0 Å². The fraction of sp³-hybridized carbons (Fsp3) is 0.556. The number of aliphatic hydroxyl groups excluding tert-OH is 1. The van der Waals surface area contributed by atoms with Crippen molar-refractivity contribution >= 4 is 0 Å². The Labute approximate surface area is 67.3 Å². The summed E-state index contributed by atoms with van der Waals surface area (Å²) < 4.78 is 0. The van der Waals surface area contributed by atoms with Crippen LogP contribution in [0.2, 0.25) is 0 Å².